The highest BCUT2D eigenvalue weighted by Crippen LogP contribution is 2.63. The molecule has 1 spiro atoms. The summed E-state index contributed by atoms with van der Waals surface area (Å²) in [6.45, 7) is 0. The second kappa shape index (κ2) is 15.7. The van der Waals surface area contributed by atoms with E-state index in [1.165, 1.54) is 61.2 Å². The fourth-order valence-corrected chi connectivity index (χ4v) is 10.8. The molecular weight excluding hydrogens is 811 g/mol. The molecule has 0 radical (unpaired) electrons. The van der Waals surface area contributed by atoms with Gasteiger partial charge in [0.1, 0.15) is 0 Å². The Morgan fingerprint density at radius 3 is 1.06 bits per heavy atom. The Balaban J connectivity index is 0.963. The van der Waals surface area contributed by atoms with Crippen LogP contribution in [0.1, 0.15) is 22.3 Å². The standard InChI is InChI=1S/C64H41N3/c1-4-19-42(20-5-1)45-25-17-29-49(38-45)62-65-61(44-23-8-3-9-24-44)66-63(67-62)50-30-18-27-47(39-50)46-26-16-28-48(37-46)55-41-60-56(40-54(55)43-21-6-2-7-22-43)53-33-12-15-36-59(53)64(60)57-34-13-10-31-51(57)52-32-11-14-35-58(52)64/h1-41H. The van der Waals surface area contributed by atoms with Gasteiger partial charge in [0, 0.05) is 16.7 Å². The van der Waals surface area contributed by atoms with E-state index in [9.17, 15) is 0 Å². The molecule has 0 saturated carbocycles. The highest BCUT2D eigenvalue weighted by atomic mass is 15.0. The topological polar surface area (TPSA) is 38.7 Å². The largest absolute Gasteiger partial charge is 0.208 e. The molecule has 11 aromatic rings. The van der Waals surface area contributed by atoms with Crippen molar-refractivity contribution in [2.75, 3.05) is 0 Å². The molecule has 0 atom stereocenters. The molecule has 0 amide bonds. The summed E-state index contributed by atoms with van der Waals surface area (Å²) in [5, 5.41) is 0. The van der Waals surface area contributed by atoms with Crippen molar-refractivity contribution in [1.82, 2.24) is 15.0 Å². The summed E-state index contributed by atoms with van der Waals surface area (Å²) in [5.41, 5.74) is 22.1. The molecule has 2 aliphatic carbocycles. The van der Waals surface area contributed by atoms with Crippen molar-refractivity contribution in [1.29, 1.82) is 0 Å². The lowest BCUT2D eigenvalue weighted by atomic mass is 9.70. The zero-order valence-electron chi connectivity index (χ0n) is 36.5. The normalized spacial score (nSPS) is 12.6. The van der Waals surface area contributed by atoms with Crippen molar-refractivity contribution in [2.24, 2.45) is 0 Å². The Morgan fingerprint density at radius 1 is 0.194 bits per heavy atom. The van der Waals surface area contributed by atoms with Gasteiger partial charge in [-0.1, -0.05) is 218 Å². The maximum Gasteiger partial charge on any atom is 0.164 e. The lowest BCUT2D eigenvalue weighted by Gasteiger charge is -2.31. The molecule has 13 rings (SSSR count). The van der Waals surface area contributed by atoms with Crippen molar-refractivity contribution in [3.05, 3.63) is 271 Å². The minimum Gasteiger partial charge on any atom is -0.208 e. The first-order chi connectivity index (χ1) is 33.2. The van der Waals surface area contributed by atoms with Gasteiger partial charge in [-0.2, -0.15) is 0 Å². The first-order valence-electron chi connectivity index (χ1n) is 22.9. The van der Waals surface area contributed by atoms with Crippen molar-refractivity contribution >= 4 is 0 Å². The summed E-state index contributed by atoms with van der Waals surface area (Å²) in [6, 6.07) is 89.6. The minimum atomic E-state index is -0.445. The summed E-state index contributed by atoms with van der Waals surface area (Å²) in [7, 11) is 0. The molecular formula is C64H41N3. The van der Waals surface area contributed by atoms with Gasteiger partial charge in [0.05, 0.1) is 5.41 Å². The summed E-state index contributed by atoms with van der Waals surface area (Å²) >= 11 is 0. The second-order valence-electron chi connectivity index (χ2n) is 17.5. The van der Waals surface area contributed by atoms with Gasteiger partial charge < -0.3 is 0 Å². The lowest BCUT2D eigenvalue weighted by molar-refractivity contribution is 0.794. The van der Waals surface area contributed by atoms with E-state index in [4.69, 9.17) is 15.0 Å². The Morgan fingerprint density at radius 2 is 0.537 bits per heavy atom. The third-order valence-electron chi connectivity index (χ3n) is 13.7. The van der Waals surface area contributed by atoms with E-state index >= 15 is 0 Å². The van der Waals surface area contributed by atoms with Gasteiger partial charge in [-0.05, 0) is 119 Å². The van der Waals surface area contributed by atoms with E-state index in [1.807, 2.05) is 24.3 Å². The number of nitrogens with zero attached hydrogens (tertiary/aromatic N) is 3. The molecule has 3 heteroatoms. The van der Waals surface area contributed by atoms with E-state index in [2.05, 4.69) is 224 Å². The van der Waals surface area contributed by atoms with Gasteiger partial charge in [-0.25, -0.2) is 15.0 Å². The molecule has 67 heavy (non-hydrogen) atoms. The van der Waals surface area contributed by atoms with Crippen LogP contribution >= 0.6 is 0 Å². The fourth-order valence-electron chi connectivity index (χ4n) is 10.8. The molecule has 0 fully saturated rings. The second-order valence-corrected chi connectivity index (χ2v) is 17.5. The average molecular weight is 852 g/mol. The van der Waals surface area contributed by atoms with Gasteiger partial charge in [0.25, 0.3) is 0 Å². The van der Waals surface area contributed by atoms with Crippen LogP contribution in [0.2, 0.25) is 0 Å². The van der Waals surface area contributed by atoms with Crippen LogP contribution in [0.5, 0.6) is 0 Å². The van der Waals surface area contributed by atoms with Crippen LogP contribution in [0.25, 0.3) is 101 Å². The Kier molecular flexibility index (Phi) is 9.07. The molecule has 3 nitrogen and oxygen atoms in total. The summed E-state index contributed by atoms with van der Waals surface area (Å²) in [6.07, 6.45) is 0. The van der Waals surface area contributed by atoms with E-state index in [0.29, 0.717) is 17.5 Å². The summed E-state index contributed by atoms with van der Waals surface area (Å²) < 4.78 is 0. The van der Waals surface area contributed by atoms with Crippen molar-refractivity contribution < 1.29 is 0 Å². The van der Waals surface area contributed by atoms with Gasteiger partial charge in [-0.3, -0.25) is 0 Å². The number of fused-ring (bicyclic) bond motifs is 10. The third-order valence-corrected chi connectivity index (χ3v) is 13.7. The van der Waals surface area contributed by atoms with Crippen molar-refractivity contribution in [3.63, 3.8) is 0 Å². The predicted octanol–water partition coefficient (Wildman–Crippen LogP) is 15.9. The molecule has 0 bridgehead atoms. The van der Waals surface area contributed by atoms with Gasteiger partial charge in [0.15, 0.2) is 17.5 Å². The average Bonchev–Trinajstić information content (AvgIpc) is 3.88. The van der Waals surface area contributed by atoms with Gasteiger partial charge in [0.2, 0.25) is 0 Å². The van der Waals surface area contributed by atoms with Crippen molar-refractivity contribution in [3.8, 4) is 101 Å². The number of hydrogen-bond acceptors (Lipinski definition) is 3. The molecule has 312 valence electrons. The van der Waals surface area contributed by atoms with Crippen molar-refractivity contribution in [2.45, 2.75) is 5.41 Å². The molecule has 0 unspecified atom stereocenters. The molecule has 2 aliphatic rings. The Labute approximate surface area is 390 Å². The molecule has 0 aliphatic heterocycles. The van der Waals surface area contributed by atoms with Crippen LogP contribution in [0, 0.1) is 0 Å². The summed E-state index contributed by atoms with van der Waals surface area (Å²) in [5.74, 6) is 1.89. The van der Waals surface area contributed by atoms with Crippen LogP contribution in [0.15, 0.2) is 249 Å². The quantitative estimate of drug-likeness (QED) is 0.160. The van der Waals surface area contributed by atoms with Crippen LogP contribution in [-0.2, 0) is 5.41 Å². The molecule has 0 N–H and O–H groups in total. The predicted molar refractivity (Wildman–Crippen MR) is 274 cm³/mol. The summed E-state index contributed by atoms with van der Waals surface area (Å²) in [4.78, 5) is 15.4. The number of hydrogen-bond donors (Lipinski definition) is 0. The monoisotopic (exact) mass is 851 g/mol. The maximum atomic E-state index is 5.17. The fraction of sp³-hybridized carbons (Fsp3) is 0.0156. The first-order valence-corrected chi connectivity index (χ1v) is 22.9. The van der Waals surface area contributed by atoms with E-state index < -0.39 is 5.41 Å². The van der Waals surface area contributed by atoms with E-state index in [-0.39, 0.29) is 0 Å². The zero-order valence-corrected chi connectivity index (χ0v) is 36.5. The van der Waals surface area contributed by atoms with Crippen LogP contribution < -0.4 is 0 Å². The highest BCUT2D eigenvalue weighted by Gasteiger charge is 2.51. The van der Waals surface area contributed by atoms with Crippen LogP contribution in [0.4, 0.5) is 0 Å². The van der Waals surface area contributed by atoms with Crippen LogP contribution in [0.3, 0.4) is 0 Å². The molecule has 1 heterocycles. The maximum absolute atomic E-state index is 5.17. The number of aromatic nitrogens is 3. The highest BCUT2D eigenvalue weighted by molar-refractivity contribution is 5.99. The zero-order chi connectivity index (χ0) is 44.3. The Bertz CT molecular complexity index is 3640. The van der Waals surface area contributed by atoms with E-state index in [0.717, 1.165) is 44.5 Å². The van der Waals surface area contributed by atoms with E-state index in [1.54, 1.807) is 0 Å². The third kappa shape index (κ3) is 6.31. The Hall–Kier alpha value is -8.79. The van der Waals surface area contributed by atoms with Gasteiger partial charge in [-0.15, -0.1) is 0 Å². The molecule has 10 aromatic carbocycles. The number of rotatable bonds is 7. The van der Waals surface area contributed by atoms with Gasteiger partial charge >= 0.3 is 0 Å². The lowest BCUT2D eigenvalue weighted by Crippen LogP contribution is -2.25. The SMILES string of the molecule is c1ccc(-c2cccc(-c3nc(-c4ccccc4)nc(-c4cccc(-c5cccc(-c6cc7c(cc6-c6ccccc6)-c6ccccc6C76c7ccccc7-c7ccccc76)c5)c4)n3)c2)cc1. The van der Waals surface area contributed by atoms with Crippen LogP contribution in [-0.4, -0.2) is 15.0 Å². The molecule has 1 aromatic heterocycles. The number of benzene rings is 10. The first kappa shape index (κ1) is 38.6. The smallest absolute Gasteiger partial charge is 0.164 e. The molecule has 0 saturated heterocycles. The minimum absolute atomic E-state index is 0.445.